The summed E-state index contributed by atoms with van der Waals surface area (Å²) in [4.78, 5) is 15.1. The summed E-state index contributed by atoms with van der Waals surface area (Å²) in [7, 11) is 0. The highest BCUT2D eigenvalue weighted by molar-refractivity contribution is 5.83. The third-order valence-corrected chi connectivity index (χ3v) is 4.21. The van der Waals surface area contributed by atoms with Gasteiger partial charge in [0.05, 0.1) is 6.21 Å². The number of rotatable bonds is 10. The van der Waals surface area contributed by atoms with Crippen LogP contribution in [-0.2, 0) is 22.8 Å². The van der Waals surface area contributed by atoms with Crippen LogP contribution in [0.5, 0.6) is 11.5 Å². The van der Waals surface area contributed by atoms with E-state index in [0.717, 1.165) is 24.3 Å². The first-order valence-corrected chi connectivity index (χ1v) is 9.46. The van der Waals surface area contributed by atoms with E-state index in [2.05, 4.69) is 9.99 Å². The third-order valence-electron chi connectivity index (χ3n) is 4.21. The van der Waals surface area contributed by atoms with Crippen LogP contribution in [0, 0.1) is 23.3 Å². The number of aliphatic carboxylic acids is 1. The van der Waals surface area contributed by atoms with Gasteiger partial charge in [0.1, 0.15) is 24.7 Å². The maximum Gasteiger partial charge on any atom is 0.344 e. The number of hydrogen-bond acceptors (Lipinski definition) is 5. The molecule has 3 rings (SSSR count). The molecule has 0 heterocycles. The minimum absolute atomic E-state index is 0.0605. The lowest BCUT2D eigenvalue weighted by molar-refractivity contribution is -0.142. The fourth-order valence-corrected chi connectivity index (χ4v) is 2.61. The molecule has 33 heavy (non-hydrogen) atoms. The Balaban J connectivity index is 1.76. The van der Waals surface area contributed by atoms with Gasteiger partial charge in [0.2, 0.25) is 6.61 Å². The number of benzene rings is 3. The third kappa shape index (κ3) is 6.96. The summed E-state index contributed by atoms with van der Waals surface area (Å²) in [6, 6.07) is 11.2. The molecule has 6 nitrogen and oxygen atoms in total. The number of oxime groups is 1. The standard InChI is InChI=1S/C23H17F4NO5/c24-18-5-1-14(7-20(18)26)11-31-17-4-3-16(10-28-33-13-23(29)30)22(9-17)32-12-15-2-6-19(25)21(27)8-15/h1-10H,11-13H2,(H,29,30)/b28-10+. The van der Waals surface area contributed by atoms with E-state index < -0.39 is 35.8 Å². The van der Waals surface area contributed by atoms with Crippen LogP contribution in [0.3, 0.4) is 0 Å². The van der Waals surface area contributed by atoms with Gasteiger partial charge >= 0.3 is 5.97 Å². The van der Waals surface area contributed by atoms with E-state index in [1.54, 1.807) is 6.07 Å². The normalized spacial score (nSPS) is 10.9. The monoisotopic (exact) mass is 463 g/mol. The molecule has 1 N–H and O–H groups in total. The Morgan fingerprint density at radius 2 is 1.42 bits per heavy atom. The van der Waals surface area contributed by atoms with E-state index in [9.17, 15) is 22.4 Å². The van der Waals surface area contributed by atoms with Gasteiger partial charge in [0.25, 0.3) is 0 Å². The molecule has 0 spiro atoms. The smallest absolute Gasteiger partial charge is 0.344 e. The maximum atomic E-state index is 13.4. The number of ether oxygens (including phenoxy) is 2. The van der Waals surface area contributed by atoms with Gasteiger partial charge < -0.3 is 19.4 Å². The lowest BCUT2D eigenvalue weighted by atomic mass is 10.2. The second-order valence-corrected chi connectivity index (χ2v) is 6.68. The van der Waals surface area contributed by atoms with Gasteiger partial charge in [-0.25, -0.2) is 22.4 Å². The number of carbonyl (C=O) groups is 1. The Kier molecular flexibility index (Phi) is 7.85. The summed E-state index contributed by atoms with van der Waals surface area (Å²) in [5, 5.41) is 12.1. The molecule has 0 saturated heterocycles. The van der Waals surface area contributed by atoms with Crippen molar-refractivity contribution in [3.8, 4) is 11.5 Å². The average molecular weight is 463 g/mol. The quantitative estimate of drug-likeness (QED) is 0.265. The molecule has 0 bridgehead atoms. The van der Waals surface area contributed by atoms with Crippen LogP contribution in [-0.4, -0.2) is 23.9 Å². The zero-order valence-electron chi connectivity index (χ0n) is 16.9. The number of carboxylic acids is 1. The molecule has 3 aromatic rings. The van der Waals surface area contributed by atoms with Crippen molar-refractivity contribution in [1.29, 1.82) is 0 Å². The van der Waals surface area contributed by atoms with Crippen molar-refractivity contribution in [2.24, 2.45) is 5.16 Å². The van der Waals surface area contributed by atoms with E-state index in [-0.39, 0.29) is 19.0 Å². The van der Waals surface area contributed by atoms with Gasteiger partial charge in [-0.1, -0.05) is 17.3 Å². The highest BCUT2D eigenvalue weighted by atomic mass is 19.2. The van der Waals surface area contributed by atoms with Crippen molar-refractivity contribution in [3.05, 3.63) is 94.6 Å². The molecule has 3 aromatic carbocycles. The Morgan fingerprint density at radius 1 is 0.818 bits per heavy atom. The summed E-state index contributed by atoms with van der Waals surface area (Å²) in [6.07, 6.45) is 1.21. The molecular formula is C23H17F4NO5. The zero-order chi connectivity index (χ0) is 23.8. The molecule has 0 aliphatic carbocycles. The molecule has 0 atom stereocenters. The van der Waals surface area contributed by atoms with Crippen LogP contribution in [0.15, 0.2) is 59.8 Å². The summed E-state index contributed by atoms with van der Waals surface area (Å²) >= 11 is 0. The van der Waals surface area contributed by atoms with E-state index >= 15 is 0 Å². The SMILES string of the molecule is O=C(O)CO/N=C/c1ccc(OCc2ccc(F)c(F)c2)cc1OCc1ccc(F)c(F)c1. The minimum atomic E-state index is -1.21. The van der Waals surface area contributed by atoms with Crippen LogP contribution in [0.1, 0.15) is 16.7 Å². The Hall–Kier alpha value is -4.08. The summed E-state index contributed by atoms with van der Waals surface area (Å²) < 4.78 is 64.3. The fraction of sp³-hybridized carbons (Fsp3) is 0.130. The molecule has 172 valence electrons. The van der Waals surface area contributed by atoms with Gasteiger partial charge in [-0.15, -0.1) is 0 Å². The zero-order valence-corrected chi connectivity index (χ0v) is 16.9. The van der Waals surface area contributed by atoms with Crippen LogP contribution in [0.4, 0.5) is 17.6 Å². The van der Waals surface area contributed by atoms with Crippen LogP contribution in [0.2, 0.25) is 0 Å². The predicted molar refractivity (Wildman–Crippen MR) is 109 cm³/mol. The minimum Gasteiger partial charge on any atom is -0.489 e. The molecule has 0 saturated carbocycles. The summed E-state index contributed by atoms with van der Waals surface area (Å²) in [5.74, 6) is -4.67. The van der Waals surface area contributed by atoms with Gasteiger partial charge in [-0.05, 0) is 47.5 Å². The van der Waals surface area contributed by atoms with Crippen molar-refractivity contribution >= 4 is 12.2 Å². The first kappa shape index (κ1) is 23.6. The molecule has 10 heteroatoms. The molecule has 0 aliphatic heterocycles. The summed E-state index contributed by atoms with van der Waals surface area (Å²) in [6.45, 7) is -0.827. The van der Waals surface area contributed by atoms with E-state index in [4.69, 9.17) is 14.6 Å². The average Bonchev–Trinajstić information content (AvgIpc) is 2.79. The maximum absolute atomic E-state index is 13.4. The highest BCUT2D eigenvalue weighted by Gasteiger charge is 2.09. The molecular weight excluding hydrogens is 446 g/mol. The number of halogens is 4. The van der Waals surface area contributed by atoms with Crippen molar-refractivity contribution in [3.63, 3.8) is 0 Å². The molecule has 0 radical (unpaired) electrons. The number of carboxylic acid groups (broad SMARTS) is 1. The molecule has 0 fully saturated rings. The topological polar surface area (TPSA) is 77.4 Å². The summed E-state index contributed by atoms with van der Waals surface area (Å²) in [5.41, 5.74) is 1.13. The predicted octanol–water partition coefficient (Wildman–Crippen LogP) is 4.84. The molecule has 0 aliphatic rings. The lowest BCUT2D eigenvalue weighted by Gasteiger charge is -2.13. The van der Waals surface area contributed by atoms with Gasteiger partial charge in [0.15, 0.2) is 23.3 Å². The van der Waals surface area contributed by atoms with Crippen molar-refractivity contribution in [2.75, 3.05) is 6.61 Å². The van der Waals surface area contributed by atoms with Crippen LogP contribution >= 0.6 is 0 Å². The second-order valence-electron chi connectivity index (χ2n) is 6.68. The highest BCUT2D eigenvalue weighted by Crippen LogP contribution is 2.26. The van der Waals surface area contributed by atoms with Crippen molar-refractivity contribution in [2.45, 2.75) is 13.2 Å². The molecule has 0 amide bonds. The van der Waals surface area contributed by atoms with E-state index in [0.29, 0.717) is 22.4 Å². The second kappa shape index (κ2) is 11.0. The van der Waals surface area contributed by atoms with Gasteiger partial charge in [-0.3, -0.25) is 0 Å². The first-order valence-electron chi connectivity index (χ1n) is 9.46. The van der Waals surface area contributed by atoms with Crippen LogP contribution in [0.25, 0.3) is 0 Å². The van der Waals surface area contributed by atoms with Gasteiger partial charge in [0, 0.05) is 11.6 Å². The van der Waals surface area contributed by atoms with Crippen LogP contribution < -0.4 is 9.47 Å². The Bertz CT molecular complexity index is 1170. The van der Waals surface area contributed by atoms with E-state index in [1.165, 1.54) is 30.5 Å². The number of hydrogen-bond donors (Lipinski definition) is 1. The molecule has 0 aromatic heterocycles. The largest absolute Gasteiger partial charge is 0.489 e. The first-order chi connectivity index (χ1) is 15.8. The lowest BCUT2D eigenvalue weighted by Crippen LogP contribution is -2.04. The Morgan fingerprint density at radius 3 is 2.00 bits per heavy atom. The van der Waals surface area contributed by atoms with Gasteiger partial charge in [-0.2, -0.15) is 0 Å². The molecule has 0 unspecified atom stereocenters. The number of nitrogens with zero attached hydrogens (tertiary/aromatic N) is 1. The fourth-order valence-electron chi connectivity index (χ4n) is 2.61. The van der Waals surface area contributed by atoms with Crippen molar-refractivity contribution < 1.29 is 41.8 Å². The van der Waals surface area contributed by atoms with E-state index in [1.807, 2.05) is 0 Å². The Labute approximate surface area is 185 Å². The van der Waals surface area contributed by atoms with Crippen molar-refractivity contribution in [1.82, 2.24) is 0 Å².